The molecule has 0 amide bonds. The zero-order valence-corrected chi connectivity index (χ0v) is 12.3. The van der Waals surface area contributed by atoms with Crippen LogP contribution in [0.2, 0.25) is 0 Å². The van der Waals surface area contributed by atoms with Gasteiger partial charge in [-0.25, -0.2) is 9.78 Å². The van der Waals surface area contributed by atoms with E-state index in [0.29, 0.717) is 10.6 Å². The number of carboxylic acid groups (broad SMARTS) is 1. The molecule has 0 spiro atoms. The van der Waals surface area contributed by atoms with E-state index in [4.69, 9.17) is 5.11 Å². The fraction of sp³-hybridized carbons (Fsp3) is 0.0625. The number of pyridine rings is 1. The molecule has 2 aromatic heterocycles. The van der Waals surface area contributed by atoms with Crippen molar-refractivity contribution in [1.29, 1.82) is 0 Å². The van der Waals surface area contributed by atoms with Crippen molar-refractivity contribution in [3.63, 3.8) is 0 Å². The van der Waals surface area contributed by atoms with Crippen LogP contribution in [0.4, 0.5) is 0 Å². The van der Waals surface area contributed by atoms with Gasteiger partial charge < -0.3 is 10.1 Å². The van der Waals surface area contributed by atoms with Crippen molar-refractivity contribution in [2.45, 2.75) is 5.03 Å². The van der Waals surface area contributed by atoms with E-state index in [-0.39, 0.29) is 17.1 Å². The fourth-order valence-corrected chi connectivity index (χ4v) is 3.05. The van der Waals surface area contributed by atoms with Crippen molar-refractivity contribution in [1.82, 2.24) is 9.97 Å². The number of thioether (sulfide) groups is 1. The van der Waals surface area contributed by atoms with Crippen LogP contribution in [-0.2, 0) is 0 Å². The van der Waals surface area contributed by atoms with Gasteiger partial charge in [0.25, 0.3) is 0 Å². The lowest BCUT2D eigenvalue weighted by molar-refractivity contribution is 0.0692. The Bertz CT molecular complexity index is 857. The largest absolute Gasteiger partial charge is 0.478 e. The molecule has 0 aliphatic heterocycles. The molecule has 0 saturated carbocycles. The second-order valence-electron chi connectivity index (χ2n) is 4.62. The zero-order valence-electron chi connectivity index (χ0n) is 11.4. The second-order valence-corrected chi connectivity index (χ2v) is 5.59. The molecule has 6 heteroatoms. The van der Waals surface area contributed by atoms with Gasteiger partial charge in [0, 0.05) is 28.9 Å². The van der Waals surface area contributed by atoms with Crippen LogP contribution >= 0.6 is 11.8 Å². The van der Waals surface area contributed by atoms with Crippen LogP contribution in [0.25, 0.3) is 10.9 Å². The van der Waals surface area contributed by atoms with Crippen LogP contribution in [-0.4, -0.2) is 32.6 Å². The predicted molar refractivity (Wildman–Crippen MR) is 84.5 cm³/mol. The van der Waals surface area contributed by atoms with E-state index in [9.17, 15) is 9.59 Å². The summed E-state index contributed by atoms with van der Waals surface area (Å²) in [6.07, 6.45) is 3.20. The minimum atomic E-state index is -1.05. The van der Waals surface area contributed by atoms with Crippen molar-refractivity contribution >= 4 is 34.4 Å². The van der Waals surface area contributed by atoms with E-state index < -0.39 is 5.97 Å². The minimum absolute atomic E-state index is 0.0653. The number of aromatic nitrogens is 2. The van der Waals surface area contributed by atoms with Crippen LogP contribution in [0, 0.1) is 0 Å². The first kappa shape index (κ1) is 14.3. The Balaban J connectivity index is 1.80. The van der Waals surface area contributed by atoms with Gasteiger partial charge in [0.15, 0.2) is 5.78 Å². The van der Waals surface area contributed by atoms with Gasteiger partial charge in [0.2, 0.25) is 0 Å². The number of rotatable bonds is 5. The number of carbonyl (C=O) groups excluding carboxylic acids is 1. The van der Waals surface area contributed by atoms with E-state index in [1.54, 1.807) is 12.3 Å². The summed E-state index contributed by atoms with van der Waals surface area (Å²) < 4.78 is 0. The zero-order chi connectivity index (χ0) is 15.5. The quantitative estimate of drug-likeness (QED) is 0.558. The number of Topliss-reactive ketones (excluding diaryl/α,β-unsaturated/α-hetero) is 1. The lowest BCUT2D eigenvalue weighted by Crippen LogP contribution is -2.05. The number of hydrogen-bond acceptors (Lipinski definition) is 4. The molecule has 22 heavy (non-hydrogen) atoms. The third-order valence-electron chi connectivity index (χ3n) is 3.23. The molecule has 1 aromatic carbocycles. The molecule has 2 heterocycles. The van der Waals surface area contributed by atoms with Crippen LogP contribution in [0.1, 0.15) is 20.7 Å². The number of benzene rings is 1. The summed E-state index contributed by atoms with van der Waals surface area (Å²) in [5.41, 5.74) is 1.62. The number of nitrogens with one attached hydrogen (secondary N) is 1. The van der Waals surface area contributed by atoms with Crippen molar-refractivity contribution in [2.75, 3.05) is 5.75 Å². The predicted octanol–water partition coefficient (Wildman–Crippen LogP) is 3.24. The Hall–Kier alpha value is -2.60. The highest BCUT2D eigenvalue weighted by Crippen LogP contribution is 2.24. The van der Waals surface area contributed by atoms with Crippen LogP contribution < -0.4 is 0 Å². The number of para-hydroxylation sites is 1. The lowest BCUT2D eigenvalue weighted by Gasteiger charge is -2.03. The van der Waals surface area contributed by atoms with E-state index in [1.165, 1.54) is 12.3 Å². The first-order valence-corrected chi connectivity index (χ1v) is 7.56. The van der Waals surface area contributed by atoms with E-state index in [1.807, 2.05) is 24.3 Å². The number of fused-ring (bicyclic) bond motifs is 1. The SMILES string of the molecule is O=C(O)c1cccnc1SCC(=O)c1c[nH]c2ccccc12. The first-order chi connectivity index (χ1) is 10.7. The number of ketones is 1. The monoisotopic (exact) mass is 312 g/mol. The average Bonchev–Trinajstić information content (AvgIpc) is 2.97. The van der Waals surface area contributed by atoms with E-state index in [0.717, 1.165) is 22.7 Å². The Labute approximate surface area is 130 Å². The smallest absolute Gasteiger partial charge is 0.338 e. The number of hydrogen-bond donors (Lipinski definition) is 2. The summed E-state index contributed by atoms with van der Waals surface area (Å²) >= 11 is 1.13. The summed E-state index contributed by atoms with van der Waals surface area (Å²) in [7, 11) is 0. The Morgan fingerprint density at radius 1 is 1.14 bits per heavy atom. The summed E-state index contributed by atoms with van der Waals surface area (Å²) in [4.78, 5) is 30.6. The first-order valence-electron chi connectivity index (χ1n) is 6.57. The van der Waals surface area contributed by atoms with Gasteiger partial charge in [-0.05, 0) is 18.2 Å². The molecule has 3 rings (SSSR count). The van der Waals surface area contributed by atoms with Crippen molar-refractivity contribution in [3.8, 4) is 0 Å². The third-order valence-corrected chi connectivity index (χ3v) is 4.24. The third kappa shape index (κ3) is 2.73. The maximum atomic E-state index is 12.4. The molecule has 0 fully saturated rings. The molecular weight excluding hydrogens is 300 g/mol. The van der Waals surface area contributed by atoms with Gasteiger partial charge in [-0.1, -0.05) is 30.0 Å². The van der Waals surface area contributed by atoms with E-state index in [2.05, 4.69) is 9.97 Å². The normalized spacial score (nSPS) is 10.7. The van der Waals surface area contributed by atoms with Gasteiger partial charge in [0.1, 0.15) is 5.03 Å². The topological polar surface area (TPSA) is 83.0 Å². The number of aromatic carboxylic acids is 1. The molecule has 5 nitrogen and oxygen atoms in total. The van der Waals surface area contributed by atoms with Gasteiger partial charge in [-0.15, -0.1) is 0 Å². The standard InChI is InChI=1S/C16H12N2O3S/c19-14(12-8-18-13-6-2-1-4-10(12)13)9-22-15-11(16(20)21)5-3-7-17-15/h1-8,18H,9H2,(H,20,21). The lowest BCUT2D eigenvalue weighted by atomic mass is 10.1. The Morgan fingerprint density at radius 2 is 1.95 bits per heavy atom. The average molecular weight is 312 g/mol. The molecule has 0 radical (unpaired) electrons. The van der Waals surface area contributed by atoms with Crippen molar-refractivity contribution in [2.24, 2.45) is 0 Å². The minimum Gasteiger partial charge on any atom is -0.478 e. The fourth-order valence-electron chi connectivity index (χ4n) is 2.18. The molecule has 2 N–H and O–H groups in total. The van der Waals surface area contributed by atoms with Crippen LogP contribution in [0.3, 0.4) is 0 Å². The maximum Gasteiger partial charge on any atom is 0.338 e. The van der Waals surface area contributed by atoms with Gasteiger partial charge in [-0.3, -0.25) is 4.79 Å². The summed E-state index contributed by atoms with van der Waals surface area (Å²) in [6.45, 7) is 0. The summed E-state index contributed by atoms with van der Waals surface area (Å²) in [5, 5.41) is 10.3. The van der Waals surface area contributed by atoms with Crippen LogP contribution in [0.15, 0.2) is 53.8 Å². The Morgan fingerprint density at radius 3 is 2.77 bits per heavy atom. The van der Waals surface area contributed by atoms with Gasteiger partial charge >= 0.3 is 5.97 Å². The molecule has 0 bridgehead atoms. The van der Waals surface area contributed by atoms with E-state index >= 15 is 0 Å². The van der Waals surface area contributed by atoms with Crippen LogP contribution in [0.5, 0.6) is 0 Å². The molecule has 3 aromatic rings. The molecular formula is C16H12N2O3S. The van der Waals surface area contributed by atoms with Gasteiger partial charge in [0.05, 0.1) is 11.3 Å². The number of H-pyrrole nitrogens is 1. The number of aromatic amines is 1. The molecule has 0 aliphatic carbocycles. The van der Waals surface area contributed by atoms with Gasteiger partial charge in [-0.2, -0.15) is 0 Å². The molecule has 110 valence electrons. The molecule has 0 unspecified atom stereocenters. The molecule has 0 aliphatic rings. The number of carboxylic acids is 1. The number of carbonyl (C=O) groups is 2. The summed E-state index contributed by atoms with van der Waals surface area (Å²) in [6, 6.07) is 10.6. The van der Waals surface area contributed by atoms with Crippen molar-refractivity contribution in [3.05, 3.63) is 59.9 Å². The highest BCUT2D eigenvalue weighted by atomic mass is 32.2. The second kappa shape index (κ2) is 6.03. The molecule has 0 atom stereocenters. The summed E-state index contributed by atoms with van der Waals surface area (Å²) in [5.74, 6) is -0.973. The van der Waals surface area contributed by atoms with Crippen molar-refractivity contribution < 1.29 is 14.7 Å². The maximum absolute atomic E-state index is 12.4. The highest BCUT2D eigenvalue weighted by molar-refractivity contribution is 8.00. The Kier molecular flexibility index (Phi) is 3.93. The highest BCUT2D eigenvalue weighted by Gasteiger charge is 2.15. The number of nitrogens with zero attached hydrogens (tertiary/aromatic N) is 1. The molecule has 0 saturated heterocycles.